The summed E-state index contributed by atoms with van der Waals surface area (Å²) in [5.74, 6) is -0.455. The second-order valence-corrected chi connectivity index (χ2v) is 11.6. The van der Waals surface area contributed by atoms with Crippen molar-refractivity contribution < 1.29 is 23.4 Å². The third kappa shape index (κ3) is 6.06. The zero-order valence-corrected chi connectivity index (χ0v) is 22.2. The van der Waals surface area contributed by atoms with E-state index in [9.17, 15) is 5.26 Å². The average Bonchev–Trinajstić information content (AvgIpc) is 3.08. The zero-order valence-electron chi connectivity index (χ0n) is 22.2. The van der Waals surface area contributed by atoms with Crippen molar-refractivity contribution in [1.29, 1.82) is 5.26 Å². The third-order valence-electron chi connectivity index (χ3n) is 7.99. The Morgan fingerprint density at radius 1 is 0.853 bits per heavy atom. The van der Waals surface area contributed by atoms with Crippen molar-refractivity contribution in [2.75, 3.05) is 6.61 Å². The summed E-state index contributed by atoms with van der Waals surface area (Å²) in [5, 5.41) is 10.1. The van der Waals surface area contributed by atoms with Crippen molar-refractivity contribution in [2.24, 2.45) is 5.92 Å². The molecule has 0 aromatic heterocycles. The Morgan fingerprint density at radius 3 is 1.91 bits per heavy atom. The molecule has 2 aliphatic rings. The van der Waals surface area contributed by atoms with E-state index in [-0.39, 0.29) is 11.7 Å². The van der Waals surface area contributed by atoms with Crippen LogP contribution in [0.1, 0.15) is 73.8 Å². The molecule has 0 bridgehead atoms. The fourth-order valence-corrected chi connectivity index (χ4v) is 4.36. The first-order valence-corrected chi connectivity index (χ1v) is 12.5. The summed E-state index contributed by atoms with van der Waals surface area (Å²) >= 11 is 0. The molecule has 0 N–H and O–H groups in total. The molecule has 2 unspecified atom stereocenters. The topological polar surface area (TPSA) is 69.9 Å². The lowest BCUT2D eigenvalue weighted by Gasteiger charge is -2.32. The highest BCUT2D eigenvalue weighted by atomic mass is 16.7. The molecule has 3 rings (SSSR count). The van der Waals surface area contributed by atoms with Crippen LogP contribution in [-0.4, -0.2) is 43.2 Å². The van der Waals surface area contributed by atoms with E-state index < -0.39 is 36.6 Å². The van der Waals surface area contributed by atoms with Crippen LogP contribution in [-0.2, 0) is 30.0 Å². The van der Waals surface area contributed by atoms with Gasteiger partial charge in [0.15, 0.2) is 0 Å². The first-order valence-electron chi connectivity index (χ1n) is 12.5. The summed E-state index contributed by atoms with van der Waals surface area (Å²) in [6, 6.07) is 12.7. The predicted molar refractivity (Wildman–Crippen MR) is 135 cm³/mol. The van der Waals surface area contributed by atoms with Gasteiger partial charge in [-0.25, -0.2) is 0 Å². The smallest absolute Gasteiger partial charge is 0.403 e. The number of hydrogen-bond donors (Lipinski definition) is 0. The molecule has 1 aromatic carbocycles. The normalized spacial score (nSPS) is 24.1. The molecule has 0 aliphatic carbocycles. The summed E-state index contributed by atoms with van der Waals surface area (Å²) in [4.78, 5) is 0. The summed E-state index contributed by atoms with van der Waals surface area (Å²) < 4.78 is 31.2. The van der Waals surface area contributed by atoms with Gasteiger partial charge in [-0.1, -0.05) is 30.3 Å². The molecule has 34 heavy (non-hydrogen) atoms. The van der Waals surface area contributed by atoms with Crippen molar-refractivity contribution in [1.82, 2.24) is 0 Å². The number of nitriles is 1. The molecule has 2 fully saturated rings. The Bertz CT molecular complexity index is 820. The van der Waals surface area contributed by atoms with E-state index in [0.29, 0.717) is 26.0 Å². The second-order valence-electron chi connectivity index (χ2n) is 11.6. The highest BCUT2D eigenvalue weighted by molar-refractivity contribution is 6.53. The van der Waals surface area contributed by atoms with Crippen LogP contribution < -0.4 is 0 Å². The Balaban J connectivity index is 1.66. The molecular weight excluding hydrogens is 428 g/mol. The van der Waals surface area contributed by atoms with Gasteiger partial charge in [0.2, 0.25) is 0 Å². The highest BCUT2D eigenvalue weighted by Gasteiger charge is 2.58. The van der Waals surface area contributed by atoms with Gasteiger partial charge in [-0.2, -0.15) is 5.26 Å². The van der Waals surface area contributed by atoms with Gasteiger partial charge in [0.1, 0.15) is 0 Å². The molecule has 8 heteroatoms. The van der Waals surface area contributed by atoms with Crippen molar-refractivity contribution in [3.8, 4) is 6.07 Å². The van der Waals surface area contributed by atoms with Crippen LogP contribution in [0.2, 0.25) is 12.1 Å². The summed E-state index contributed by atoms with van der Waals surface area (Å²) in [7, 11) is -0.918. The quantitative estimate of drug-likeness (QED) is 0.325. The van der Waals surface area contributed by atoms with E-state index in [1.54, 1.807) is 0 Å². The molecule has 2 aliphatic heterocycles. The number of ether oxygens (including phenoxy) is 1. The molecule has 0 amide bonds. The fraction of sp³-hybridized carbons (Fsp3) is 0.731. The van der Waals surface area contributed by atoms with E-state index in [2.05, 4.69) is 18.2 Å². The van der Waals surface area contributed by atoms with E-state index in [0.717, 1.165) is 12.0 Å². The van der Waals surface area contributed by atoms with Crippen LogP contribution in [0.25, 0.3) is 0 Å². The van der Waals surface area contributed by atoms with Gasteiger partial charge in [0.25, 0.3) is 0 Å². The van der Waals surface area contributed by atoms with Gasteiger partial charge < -0.3 is 23.4 Å². The first-order chi connectivity index (χ1) is 15.8. The molecule has 0 saturated carbocycles. The number of benzene rings is 1. The van der Waals surface area contributed by atoms with Gasteiger partial charge in [0, 0.05) is 18.3 Å². The van der Waals surface area contributed by atoms with Gasteiger partial charge in [-0.3, -0.25) is 0 Å². The van der Waals surface area contributed by atoms with Gasteiger partial charge in [-0.15, -0.1) is 0 Å². The van der Waals surface area contributed by atoms with E-state index in [4.69, 9.17) is 23.4 Å². The summed E-state index contributed by atoms with van der Waals surface area (Å²) in [5.41, 5.74) is -0.637. The standard InChI is InChI=1S/C26H41B2NO5/c1-23(2)24(3,4)32-27(31-23)17-22(28-33-25(5,6)26(7,8)34-28)21(18-29)15-12-16-30-19-20-13-10-9-11-14-20/h9-11,13-14,21-22H,12,15-17,19H2,1-8H3. The van der Waals surface area contributed by atoms with E-state index in [1.165, 1.54) is 0 Å². The van der Waals surface area contributed by atoms with Crippen molar-refractivity contribution in [3.63, 3.8) is 0 Å². The average molecular weight is 469 g/mol. The molecule has 1 aromatic rings. The fourth-order valence-electron chi connectivity index (χ4n) is 4.36. The van der Waals surface area contributed by atoms with Gasteiger partial charge >= 0.3 is 14.2 Å². The summed E-state index contributed by atoms with van der Waals surface area (Å²) in [6.45, 7) is 17.5. The molecule has 0 radical (unpaired) electrons. The largest absolute Gasteiger partial charge is 0.461 e. The monoisotopic (exact) mass is 469 g/mol. The third-order valence-corrected chi connectivity index (χ3v) is 7.99. The molecule has 186 valence electrons. The minimum Gasteiger partial charge on any atom is -0.403 e. The van der Waals surface area contributed by atoms with Crippen LogP contribution >= 0.6 is 0 Å². The van der Waals surface area contributed by atoms with E-state index >= 15 is 0 Å². The lowest BCUT2D eigenvalue weighted by atomic mass is 9.56. The van der Waals surface area contributed by atoms with Crippen molar-refractivity contribution in [2.45, 2.75) is 109 Å². The maximum absolute atomic E-state index is 10.1. The Labute approximate surface area is 206 Å². The van der Waals surface area contributed by atoms with Crippen LogP contribution in [0, 0.1) is 17.2 Å². The molecule has 0 spiro atoms. The van der Waals surface area contributed by atoms with Crippen LogP contribution in [0.4, 0.5) is 0 Å². The van der Waals surface area contributed by atoms with Gasteiger partial charge in [-0.05, 0) is 80.1 Å². The lowest BCUT2D eigenvalue weighted by Crippen LogP contribution is -2.41. The maximum atomic E-state index is 10.1. The second kappa shape index (κ2) is 10.3. The molecule has 2 atom stereocenters. The van der Waals surface area contributed by atoms with Crippen LogP contribution in [0.3, 0.4) is 0 Å². The number of rotatable bonds is 10. The number of nitrogens with zero attached hydrogens (tertiary/aromatic N) is 1. The molecule has 6 nitrogen and oxygen atoms in total. The minimum atomic E-state index is -0.501. The molecule has 2 heterocycles. The molecular formula is C26H41B2NO5. The van der Waals surface area contributed by atoms with E-state index in [1.807, 2.05) is 73.6 Å². The maximum Gasteiger partial charge on any atom is 0.461 e. The lowest BCUT2D eigenvalue weighted by molar-refractivity contribution is 0.00578. The van der Waals surface area contributed by atoms with Crippen LogP contribution in [0.15, 0.2) is 30.3 Å². The zero-order chi connectivity index (χ0) is 25.2. The summed E-state index contributed by atoms with van der Waals surface area (Å²) in [6.07, 6.45) is 2.01. The van der Waals surface area contributed by atoms with Crippen molar-refractivity contribution >= 4 is 14.2 Å². The van der Waals surface area contributed by atoms with Gasteiger partial charge in [0.05, 0.1) is 35.1 Å². The minimum absolute atomic E-state index is 0.185. The Kier molecular flexibility index (Phi) is 8.27. The highest BCUT2D eigenvalue weighted by Crippen LogP contribution is 2.46. The van der Waals surface area contributed by atoms with Crippen molar-refractivity contribution in [3.05, 3.63) is 35.9 Å². The predicted octanol–water partition coefficient (Wildman–Crippen LogP) is 5.68. The Morgan fingerprint density at radius 2 is 1.38 bits per heavy atom. The Hall–Kier alpha value is -1.36. The van der Waals surface area contributed by atoms with Crippen LogP contribution in [0.5, 0.6) is 0 Å². The SMILES string of the molecule is CC1(C)OB(CC(B2OC(C)(C)C(C)(C)O2)C(C#N)CCCOCc2ccccc2)OC1(C)C. The first kappa shape index (κ1) is 27.2. The molecule has 2 saturated heterocycles. The number of hydrogen-bond acceptors (Lipinski definition) is 6.